The minimum Gasteiger partial charge on any atom is -0.359 e. The molecule has 4 rings (SSSR count). The van der Waals surface area contributed by atoms with E-state index in [1.54, 1.807) is 4.90 Å². The normalized spacial score (nSPS) is 15.8. The lowest BCUT2D eigenvalue weighted by Crippen LogP contribution is -3.14. The number of rotatable bonds is 4. The highest BCUT2D eigenvalue weighted by Crippen LogP contribution is 2.25. The van der Waals surface area contributed by atoms with Crippen LogP contribution in [0.15, 0.2) is 66.9 Å². The van der Waals surface area contributed by atoms with Crippen LogP contribution < -0.4 is 14.8 Å². The zero-order chi connectivity index (χ0) is 17.8. The molecule has 2 N–H and O–H groups in total. The van der Waals surface area contributed by atoms with Crippen molar-refractivity contribution in [2.75, 3.05) is 37.6 Å². The van der Waals surface area contributed by atoms with Gasteiger partial charge in [0.1, 0.15) is 0 Å². The van der Waals surface area contributed by atoms with Crippen LogP contribution in [-0.2, 0) is 0 Å². The van der Waals surface area contributed by atoms with Crippen molar-refractivity contribution in [3.63, 3.8) is 0 Å². The third kappa shape index (κ3) is 3.90. The fourth-order valence-electron chi connectivity index (χ4n) is 3.63. The Morgan fingerprint density at radius 1 is 1.04 bits per heavy atom. The second-order valence-electron chi connectivity index (χ2n) is 6.81. The maximum Gasteiger partial charge on any atom is 0.214 e. The van der Waals surface area contributed by atoms with E-state index in [-0.39, 0.29) is 0 Å². The minimum atomic E-state index is 0.769. The zero-order valence-electron chi connectivity index (χ0n) is 14.8. The molecule has 0 bridgehead atoms. The van der Waals surface area contributed by atoms with Gasteiger partial charge in [0.25, 0.3) is 0 Å². The topological polar surface area (TPSA) is 21.8 Å². The van der Waals surface area contributed by atoms with Gasteiger partial charge >= 0.3 is 0 Å². The molecule has 132 valence electrons. The van der Waals surface area contributed by atoms with Crippen molar-refractivity contribution in [2.45, 2.75) is 0 Å². The molecule has 1 fully saturated rings. The molecular weight excluding hydrogens is 342 g/mol. The summed E-state index contributed by atoms with van der Waals surface area (Å²) in [6.07, 6.45) is 6.54. The molecule has 26 heavy (non-hydrogen) atoms. The zero-order valence-corrected chi connectivity index (χ0v) is 15.5. The van der Waals surface area contributed by atoms with Crippen LogP contribution in [0.25, 0.3) is 17.0 Å². The second-order valence-corrected chi connectivity index (χ2v) is 7.24. The number of aromatic nitrogens is 1. The minimum absolute atomic E-state index is 0.769. The van der Waals surface area contributed by atoms with Gasteiger partial charge in [-0.05, 0) is 23.8 Å². The Balaban J connectivity index is 1.39. The Kier molecular flexibility index (Phi) is 5.19. The number of hydrogen-bond donors (Lipinski definition) is 1. The molecule has 0 spiro atoms. The van der Waals surface area contributed by atoms with Crippen LogP contribution in [0.3, 0.4) is 0 Å². The largest absolute Gasteiger partial charge is 0.359 e. The van der Waals surface area contributed by atoms with Crippen molar-refractivity contribution < 1.29 is 9.88 Å². The van der Waals surface area contributed by atoms with Gasteiger partial charge in [-0.1, -0.05) is 48.0 Å². The average molecular weight is 366 g/mol. The first-order valence-corrected chi connectivity index (χ1v) is 9.57. The fourth-order valence-corrected chi connectivity index (χ4v) is 3.80. The van der Waals surface area contributed by atoms with Gasteiger partial charge in [0.2, 0.25) is 5.52 Å². The third-order valence-electron chi connectivity index (χ3n) is 5.07. The molecule has 2 aromatic carbocycles. The molecule has 2 heterocycles. The van der Waals surface area contributed by atoms with Gasteiger partial charge in [-0.2, -0.15) is 0 Å². The Morgan fingerprint density at radius 2 is 1.85 bits per heavy atom. The molecule has 1 saturated heterocycles. The number of aromatic amines is 1. The molecule has 4 heteroatoms. The molecule has 0 saturated carbocycles. The summed E-state index contributed by atoms with van der Waals surface area (Å²) in [4.78, 5) is 7.43. The van der Waals surface area contributed by atoms with E-state index in [0.717, 1.165) is 43.3 Å². The van der Waals surface area contributed by atoms with Crippen LogP contribution in [0, 0.1) is 0 Å². The summed E-state index contributed by atoms with van der Waals surface area (Å²) in [5, 5.41) is 2.01. The summed E-state index contributed by atoms with van der Waals surface area (Å²) < 4.78 is 0. The van der Waals surface area contributed by atoms with Crippen LogP contribution >= 0.6 is 11.6 Å². The maximum absolute atomic E-state index is 6.13. The number of quaternary nitrogens is 1. The van der Waals surface area contributed by atoms with E-state index < -0.39 is 0 Å². The Morgan fingerprint density at radius 3 is 2.65 bits per heavy atom. The predicted octanol–water partition coefficient (Wildman–Crippen LogP) is 2.73. The van der Waals surface area contributed by atoms with Gasteiger partial charge in [-0.25, -0.2) is 4.98 Å². The number of benzene rings is 2. The fraction of sp³-hybridized carbons (Fsp3) is 0.227. The molecule has 0 radical (unpaired) electrons. The first-order chi connectivity index (χ1) is 12.8. The molecule has 0 aliphatic carbocycles. The number of nitrogens with zero attached hydrogens (tertiary/aromatic N) is 1. The van der Waals surface area contributed by atoms with Crippen molar-refractivity contribution in [2.24, 2.45) is 0 Å². The predicted molar refractivity (Wildman–Crippen MR) is 109 cm³/mol. The quantitative estimate of drug-likeness (QED) is 0.754. The number of piperazine rings is 1. The van der Waals surface area contributed by atoms with Gasteiger partial charge < -0.3 is 9.80 Å². The van der Waals surface area contributed by atoms with Crippen molar-refractivity contribution in [3.8, 4) is 0 Å². The van der Waals surface area contributed by atoms with E-state index >= 15 is 0 Å². The van der Waals surface area contributed by atoms with Gasteiger partial charge in [-0.15, -0.1) is 0 Å². The highest BCUT2D eigenvalue weighted by Gasteiger charge is 2.21. The molecule has 0 atom stereocenters. The van der Waals surface area contributed by atoms with E-state index in [1.165, 1.54) is 16.6 Å². The van der Waals surface area contributed by atoms with E-state index in [2.05, 4.69) is 64.5 Å². The summed E-state index contributed by atoms with van der Waals surface area (Å²) in [5.41, 5.74) is 3.67. The molecule has 1 aliphatic heterocycles. The second kappa shape index (κ2) is 7.90. The molecule has 3 aromatic rings. The Labute approximate surface area is 159 Å². The summed E-state index contributed by atoms with van der Waals surface area (Å²) in [6, 6.07) is 18.8. The monoisotopic (exact) mass is 365 g/mol. The van der Waals surface area contributed by atoms with E-state index in [0.29, 0.717) is 0 Å². The van der Waals surface area contributed by atoms with E-state index in [1.807, 2.05) is 18.3 Å². The van der Waals surface area contributed by atoms with Crippen LogP contribution in [0.4, 0.5) is 5.69 Å². The average Bonchev–Trinajstić information content (AvgIpc) is 2.69. The summed E-state index contributed by atoms with van der Waals surface area (Å²) in [6.45, 7) is 5.56. The molecule has 1 aromatic heterocycles. The number of halogens is 1. The van der Waals surface area contributed by atoms with Crippen molar-refractivity contribution >= 4 is 34.3 Å². The number of fused-ring (bicyclic) bond motifs is 1. The van der Waals surface area contributed by atoms with Crippen molar-refractivity contribution in [1.82, 2.24) is 0 Å². The molecular formula is C22H24ClN3+2. The Hall–Kier alpha value is -2.36. The van der Waals surface area contributed by atoms with Crippen molar-refractivity contribution in [1.29, 1.82) is 0 Å². The molecule has 1 aliphatic rings. The standard InChI is InChI=1S/C22H22ClN3/c23-19-8-9-20-21(17-19)24-11-10-22(20)26-15-13-25(14-16-26)12-4-7-18-5-2-1-3-6-18/h1-11,17H,12-16H2/p+2/b7-4+. The van der Waals surface area contributed by atoms with E-state index in [9.17, 15) is 0 Å². The van der Waals surface area contributed by atoms with Gasteiger partial charge in [0, 0.05) is 17.2 Å². The summed E-state index contributed by atoms with van der Waals surface area (Å²) in [7, 11) is 0. The van der Waals surface area contributed by atoms with Crippen LogP contribution in [0.1, 0.15) is 5.56 Å². The molecule has 3 nitrogen and oxygen atoms in total. The first kappa shape index (κ1) is 17.1. The maximum atomic E-state index is 6.13. The molecule has 0 unspecified atom stereocenters. The lowest BCUT2D eigenvalue weighted by atomic mass is 10.1. The van der Waals surface area contributed by atoms with Crippen LogP contribution in [0.5, 0.6) is 0 Å². The van der Waals surface area contributed by atoms with Crippen LogP contribution in [0.2, 0.25) is 5.02 Å². The van der Waals surface area contributed by atoms with Gasteiger partial charge in [-0.3, -0.25) is 0 Å². The highest BCUT2D eigenvalue weighted by atomic mass is 35.5. The summed E-state index contributed by atoms with van der Waals surface area (Å²) in [5.74, 6) is 0. The smallest absolute Gasteiger partial charge is 0.214 e. The molecule has 0 amide bonds. The van der Waals surface area contributed by atoms with E-state index in [4.69, 9.17) is 11.6 Å². The third-order valence-corrected chi connectivity index (χ3v) is 5.30. The lowest BCUT2D eigenvalue weighted by Gasteiger charge is -2.33. The summed E-state index contributed by atoms with van der Waals surface area (Å²) >= 11 is 6.13. The Bertz CT molecular complexity index is 900. The number of pyridine rings is 1. The van der Waals surface area contributed by atoms with Crippen molar-refractivity contribution in [3.05, 3.63) is 77.5 Å². The number of H-pyrrole nitrogens is 1. The number of hydrogen-bond acceptors (Lipinski definition) is 1. The van der Waals surface area contributed by atoms with Gasteiger partial charge in [0.05, 0.1) is 43.8 Å². The van der Waals surface area contributed by atoms with Crippen LogP contribution in [-0.4, -0.2) is 32.7 Å². The SMILES string of the molecule is Clc1ccc2c(N3CC[NH+](C/C=C/c4ccccc4)CC3)cc[nH+]c2c1. The number of anilines is 1. The first-order valence-electron chi connectivity index (χ1n) is 9.20. The highest BCUT2D eigenvalue weighted by molar-refractivity contribution is 6.31. The number of nitrogens with one attached hydrogen (secondary N) is 2. The lowest BCUT2D eigenvalue weighted by molar-refractivity contribution is -0.894. The van der Waals surface area contributed by atoms with Gasteiger partial charge in [0.15, 0.2) is 6.20 Å².